The molecule has 0 unspecified atom stereocenters. The van der Waals surface area contributed by atoms with Gasteiger partial charge in [-0.25, -0.2) is 9.97 Å². The first-order chi connectivity index (χ1) is 19.2. The van der Waals surface area contributed by atoms with Crippen molar-refractivity contribution in [2.24, 2.45) is 0 Å². The van der Waals surface area contributed by atoms with Crippen molar-refractivity contribution in [3.63, 3.8) is 0 Å². The zero-order valence-corrected chi connectivity index (χ0v) is 22.1. The van der Waals surface area contributed by atoms with E-state index in [1.165, 1.54) is 24.2 Å². The molecule has 0 aliphatic carbocycles. The van der Waals surface area contributed by atoms with Gasteiger partial charge in [-0.05, 0) is 56.3 Å². The maximum atomic E-state index is 13.9. The van der Waals surface area contributed by atoms with Crippen LogP contribution < -0.4 is 16.1 Å². The number of hydrogen-bond donors (Lipinski definition) is 3. The highest BCUT2D eigenvalue weighted by molar-refractivity contribution is 7.24. The number of pyridine rings is 2. The molecule has 1 aliphatic rings. The molecule has 1 fully saturated rings. The highest BCUT2D eigenvalue weighted by Gasteiger charge is 2.23. The molecule has 2 aromatic carbocycles. The summed E-state index contributed by atoms with van der Waals surface area (Å²) < 4.78 is 2.93. The monoisotopic (exact) mass is 537 g/mol. The number of aromatic nitrogens is 4. The molecular weight excluding hydrogens is 510 g/mol. The Morgan fingerprint density at radius 1 is 1.08 bits per heavy atom. The summed E-state index contributed by atoms with van der Waals surface area (Å²) in [5.41, 5.74) is 3.86. The topological polar surface area (TPSA) is 107 Å². The molecule has 6 aromatic rings. The Kier molecular flexibility index (Phi) is 5.98. The lowest BCUT2D eigenvalue weighted by Crippen LogP contribution is -2.35. The summed E-state index contributed by atoms with van der Waals surface area (Å²) in [6, 6.07) is 17.6. The van der Waals surface area contributed by atoms with Gasteiger partial charge in [0.2, 0.25) is 5.43 Å². The molecule has 1 amide bonds. The second-order valence-electron chi connectivity index (χ2n) is 9.87. The van der Waals surface area contributed by atoms with E-state index in [1.54, 1.807) is 12.3 Å². The Morgan fingerprint density at radius 3 is 2.77 bits per heavy atom. The minimum absolute atomic E-state index is 0.168. The van der Waals surface area contributed by atoms with Crippen LogP contribution >= 0.6 is 11.3 Å². The summed E-state index contributed by atoms with van der Waals surface area (Å²) in [5, 5.41) is 6.73. The van der Waals surface area contributed by atoms with E-state index in [1.807, 2.05) is 52.9 Å². The van der Waals surface area contributed by atoms with Gasteiger partial charge in [0.05, 0.1) is 45.1 Å². The number of anilines is 1. The molecule has 3 N–H and O–H groups in total. The summed E-state index contributed by atoms with van der Waals surface area (Å²) in [4.78, 5) is 42.9. The number of hydrogen-bond acceptors (Lipinski definition) is 7. The summed E-state index contributed by atoms with van der Waals surface area (Å²) in [5.74, 6) is 0.441. The number of para-hydroxylation sites is 3. The SMILES string of the molecule is O=C(NCCN1CCCC1)c1c(=O)c2cc(NCc3nc4ccccc4[nH]3)cnc2n2c1sc1ccccc12. The van der Waals surface area contributed by atoms with Crippen molar-refractivity contribution in [2.75, 3.05) is 31.5 Å². The number of imidazole rings is 1. The first-order valence-electron chi connectivity index (χ1n) is 13.2. The zero-order chi connectivity index (χ0) is 26.3. The third-order valence-electron chi connectivity index (χ3n) is 7.32. The lowest BCUT2D eigenvalue weighted by atomic mass is 10.1. The molecule has 1 aliphatic heterocycles. The Labute approximate surface area is 227 Å². The number of H-pyrrole nitrogens is 1. The van der Waals surface area contributed by atoms with Gasteiger partial charge in [-0.3, -0.25) is 14.0 Å². The third-order valence-corrected chi connectivity index (χ3v) is 8.46. The molecular formula is C29H27N7O2S. The van der Waals surface area contributed by atoms with Crippen LogP contribution in [0, 0.1) is 0 Å². The number of nitrogens with one attached hydrogen (secondary N) is 3. The summed E-state index contributed by atoms with van der Waals surface area (Å²) in [6.45, 7) is 3.85. The molecule has 196 valence electrons. The molecule has 39 heavy (non-hydrogen) atoms. The quantitative estimate of drug-likeness (QED) is 0.279. The van der Waals surface area contributed by atoms with E-state index in [0.717, 1.165) is 46.7 Å². The summed E-state index contributed by atoms with van der Waals surface area (Å²) in [6.07, 6.45) is 4.11. The number of likely N-dealkylation sites (tertiary alicyclic amines) is 1. The molecule has 4 aromatic heterocycles. The fourth-order valence-corrected chi connectivity index (χ4v) is 6.57. The number of aromatic amines is 1. The molecule has 0 atom stereocenters. The number of fused-ring (bicyclic) bond motifs is 6. The van der Waals surface area contributed by atoms with Crippen LogP contribution in [0.5, 0.6) is 0 Å². The van der Waals surface area contributed by atoms with E-state index in [-0.39, 0.29) is 16.9 Å². The lowest BCUT2D eigenvalue weighted by Gasteiger charge is -2.15. The average Bonchev–Trinajstić information content (AvgIpc) is 3.70. The number of amides is 1. The van der Waals surface area contributed by atoms with Crippen molar-refractivity contribution in [3.05, 3.63) is 82.4 Å². The molecule has 0 saturated carbocycles. The van der Waals surface area contributed by atoms with Gasteiger partial charge in [0, 0.05) is 13.1 Å². The van der Waals surface area contributed by atoms with Crippen LogP contribution in [0.2, 0.25) is 0 Å². The van der Waals surface area contributed by atoms with Crippen LogP contribution in [-0.4, -0.2) is 56.3 Å². The van der Waals surface area contributed by atoms with Gasteiger partial charge in [0.25, 0.3) is 5.91 Å². The molecule has 10 heteroatoms. The van der Waals surface area contributed by atoms with Gasteiger partial charge >= 0.3 is 0 Å². The number of thiazole rings is 1. The van der Waals surface area contributed by atoms with Crippen LogP contribution in [0.25, 0.3) is 37.1 Å². The van der Waals surface area contributed by atoms with E-state index in [9.17, 15) is 9.59 Å². The summed E-state index contributed by atoms with van der Waals surface area (Å²) in [7, 11) is 0. The third kappa shape index (κ3) is 4.31. The van der Waals surface area contributed by atoms with Crippen LogP contribution in [0.1, 0.15) is 29.0 Å². The predicted octanol–water partition coefficient (Wildman–Crippen LogP) is 4.38. The molecule has 7 rings (SSSR count). The second-order valence-corrected chi connectivity index (χ2v) is 10.9. The number of rotatable bonds is 7. The van der Waals surface area contributed by atoms with Crippen LogP contribution in [0.4, 0.5) is 5.69 Å². The average molecular weight is 538 g/mol. The normalized spacial score (nSPS) is 14.2. The molecule has 0 radical (unpaired) electrons. The Morgan fingerprint density at radius 2 is 1.90 bits per heavy atom. The minimum atomic E-state index is -0.342. The standard InChI is InChI=1S/C29H27N7O2S/c37-26-19-15-18(31-17-24-33-20-7-1-2-8-21(20)34-24)16-32-27(19)36-22-9-3-4-10-23(22)39-29(36)25(26)28(38)30-11-14-35-12-5-6-13-35/h1-4,7-10,15-16,31H,5-6,11-14,17H2,(H,30,38)(H,33,34). The van der Waals surface area contributed by atoms with Gasteiger partial charge < -0.3 is 20.5 Å². The van der Waals surface area contributed by atoms with E-state index < -0.39 is 0 Å². The van der Waals surface area contributed by atoms with E-state index in [4.69, 9.17) is 4.98 Å². The number of nitrogens with zero attached hydrogens (tertiary/aromatic N) is 4. The molecule has 0 bridgehead atoms. The highest BCUT2D eigenvalue weighted by atomic mass is 32.1. The minimum Gasteiger partial charge on any atom is -0.377 e. The van der Waals surface area contributed by atoms with Crippen molar-refractivity contribution in [3.8, 4) is 0 Å². The molecule has 5 heterocycles. The van der Waals surface area contributed by atoms with E-state index in [2.05, 4.69) is 25.5 Å². The predicted molar refractivity (Wildman–Crippen MR) is 156 cm³/mol. The number of benzene rings is 2. The van der Waals surface area contributed by atoms with Crippen LogP contribution in [0.3, 0.4) is 0 Å². The number of carbonyl (C=O) groups excluding carboxylic acids is 1. The maximum Gasteiger partial charge on any atom is 0.258 e. The van der Waals surface area contributed by atoms with E-state index >= 15 is 0 Å². The van der Waals surface area contributed by atoms with Gasteiger partial charge in [0.15, 0.2) is 0 Å². The Balaban J connectivity index is 1.27. The van der Waals surface area contributed by atoms with Crippen LogP contribution in [0.15, 0.2) is 65.6 Å². The second kappa shape index (κ2) is 9.79. The first kappa shape index (κ1) is 23.8. The van der Waals surface area contributed by atoms with Crippen molar-refractivity contribution in [2.45, 2.75) is 19.4 Å². The Hall–Kier alpha value is -4.28. The van der Waals surface area contributed by atoms with Gasteiger partial charge in [-0.2, -0.15) is 0 Å². The highest BCUT2D eigenvalue weighted by Crippen LogP contribution is 2.31. The fourth-order valence-electron chi connectivity index (χ4n) is 5.39. The van der Waals surface area contributed by atoms with E-state index in [0.29, 0.717) is 34.6 Å². The Bertz CT molecular complexity index is 1880. The number of carbonyl (C=O) groups is 1. The fraction of sp³-hybridized carbons (Fsp3) is 0.241. The lowest BCUT2D eigenvalue weighted by molar-refractivity contribution is 0.0950. The molecule has 0 spiro atoms. The van der Waals surface area contributed by atoms with Crippen molar-refractivity contribution in [1.29, 1.82) is 0 Å². The molecule has 9 nitrogen and oxygen atoms in total. The summed E-state index contributed by atoms with van der Waals surface area (Å²) >= 11 is 1.44. The van der Waals surface area contributed by atoms with Crippen LogP contribution in [-0.2, 0) is 6.54 Å². The largest absolute Gasteiger partial charge is 0.377 e. The first-order valence-corrected chi connectivity index (χ1v) is 14.0. The maximum absolute atomic E-state index is 13.9. The van der Waals surface area contributed by atoms with Crippen molar-refractivity contribution < 1.29 is 4.79 Å². The van der Waals surface area contributed by atoms with Gasteiger partial charge in [-0.15, -0.1) is 11.3 Å². The molecule has 1 saturated heterocycles. The smallest absolute Gasteiger partial charge is 0.258 e. The van der Waals surface area contributed by atoms with Crippen molar-refractivity contribution >= 4 is 60.0 Å². The van der Waals surface area contributed by atoms with Crippen molar-refractivity contribution in [1.82, 2.24) is 29.6 Å². The van der Waals surface area contributed by atoms with Gasteiger partial charge in [0.1, 0.15) is 21.9 Å². The van der Waals surface area contributed by atoms with Gasteiger partial charge in [-0.1, -0.05) is 24.3 Å². The zero-order valence-electron chi connectivity index (χ0n) is 21.2.